The Kier molecular flexibility index (Phi) is 8.76. The molecule has 0 aliphatic carbocycles. The number of thioether (sulfide) groups is 1. The largest absolute Gasteiger partial charge is 0.392 e. The van der Waals surface area contributed by atoms with Crippen LogP contribution in [0.5, 0.6) is 0 Å². The second-order valence-corrected chi connectivity index (χ2v) is 12.4. The SMILES string of the molecule is O=C1c2ccccc2C(=O)N1Cc1cccc(-c2cccc([C@H]3O[C@@H](CSc4ccccn4)C[C@@H](c4ccc(CO)cc4)O3)c2)c1. The summed E-state index contributed by atoms with van der Waals surface area (Å²) >= 11 is 1.66. The topological polar surface area (TPSA) is 89.0 Å². The minimum Gasteiger partial charge on any atom is -0.392 e. The summed E-state index contributed by atoms with van der Waals surface area (Å²) in [6, 6.07) is 36.7. The normalized spacial score (nSPS) is 19.3. The molecule has 0 spiro atoms. The molecule has 2 aliphatic rings. The molecule has 2 aliphatic heterocycles. The fraction of sp³-hybridized carbons (Fsp3) is 0.184. The van der Waals surface area contributed by atoms with Crippen molar-refractivity contribution in [2.45, 2.75) is 43.1 Å². The van der Waals surface area contributed by atoms with E-state index < -0.39 is 6.29 Å². The van der Waals surface area contributed by atoms with E-state index in [4.69, 9.17) is 9.47 Å². The molecule has 1 saturated heterocycles. The molecule has 7 rings (SSSR count). The van der Waals surface area contributed by atoms with Crippen LogP contribution < -0.4 is 0 Å². The average molecular weight is 629 g/mol. The van der Waals surface area contributed by atoms with Gasteiger partial charge in [0, 0.05) is 23.9 Å². The average Bonchev–Trinajstić information content (AvgIpc) is 3.36. The Morgan fingerprint density at radius 1 is 0.739 bits per heavy atom. The maximum atomic E-state index is 13.0. The monoisotopic (exact) mass is 628 g/mol. The molecule has 5 aromatic rings. The third kappa shape index (κ3) is 6.38. The van der Waals surface area contributed by atoms with Gasteiger partial charge in [0.25, 0.3) is 11.8 Å². The first-order valence-electron chi connectivity index (χ1n) is 15.2. The summed E-state index contributed by atoms with van der Waals surface area (Å²) in [6.07, 6.45) is 1.62. The maximum Gasteiger partial charge on any atom is 0.261 e. The number of amides is 2. The lowest BCUT2D eigenvalue weighted by molar-refractivity contribution is -0.245. The zero-order valence-electron chi connectivity index (χ0n) is 25.0. The zero-order valence-corrected chi connectivity index (χ0v) is 25.8. The maximum absolute atomic E-state index is 13.0. The van der Waals surface area contributed by atoms with E-state index in [0.717, 1.165) is 44.2 Å². The summed E-state index contributed by atoms with van der Waals surface area (Å²) in [5, 5.41) is 10.5. The van der Waals surface area contributed by atoms with Crippen LogP contribution in [0.25, 0.3) is 11.1 Å². The molecule has 1 fully saturated rings. The molecule has 3 heterocycles. The van der Waals surface area contributed by atoms with Gasteiger partial charge in [0.2, 0.25) is 0 Å². The van der Waals surface area contributed by atoms with Crippen molar-refractivity contribution >= 4 is 23.6 Å². The number of pyridine rings is 1. The van der Waals surface area contributed by atoms with Gasteiger partial charge in [-0.1, -0.05) is 78.9 Å². The Hall–Kier alpha value is -4.60. The number of hydrogen-bond donors (Lipinski definition) is 1. The highest BCUT2D eigenvalue weighted by Gasteiger charge is 2.35. The predicted molar refractivity (Wildman–Crippen MR) is 176 cm³/mol. The molecule has 7 nitrogen and oxygen atoms in total. The fourth-order valence-electron chi connectivity index (χ4n) is 5.91. The molecule has 0 radical (unpaired) electrons. The summed E-state index contributed by atoms with van der Waals surface area (Å²) in [5.41, 5.74) is 6.48. The summed E-state index contributed by atoms with van der Waals surface area (Å²) < 4.78 is 13.1. The van der Waals surface area contributed by atoms with Crippen molar-refractivity contribution in [3.05, 3.63) is 155 Å². The number of fused-ring (bicyclic) bond motifs is 1. The van der Waals surface area contributed by atoms with Gasteiger partial charge in [0.15, 0.2) is 6.29 Å². The first-order chi connectivity index (χ1) is 22.6. The van der Waals surface area contributed by atoms with E-state index in [1.54, 1.807) is 42.2 Å². The first kappa shape index (κ1) is 30.1. The smallest absolute Gasteiger partial charge is 0.261 e. The van der Waals surface area contributed by atoms with Gasteiger partial charge >= 0.3 is 0 Å². The number of ether oxygens (including phenoxy) is 2. The first-order valence-corrected chi connectivity index (χ1v) is 16.2. The van der Waals surface area contributed by atoms with Crippen LogP contribution in [0, 0.1) is 0 Å². The molecule has 46 heavy (non-hydrogen) atoms. The van der Waals surface area contributed by atoms with Gasteiger partial charge in [0.1, 0.15) is 0 Å². The molecule has 8 heteroatoms. The van der Waals surface area contributed by atoms with Gasteiger partial charge in [-0.2, -0.15) is 0 Å². The Labute approximate surface area is 271 Å². The Morgan fingerprint density at radius 2 is 1.46 bits per heavy atom. The van der Waals surface area contributed by atoms with Gasteiger partial charge in [-0.3, -0.25) is 14.5 Å². The van der Waals surface area contributed by atoms with Gasteiger partial charge < -0.3 is 14.6 Å². The van der Waals surface area contributed by atoms with Crippen LogP contribution in [-0.2, 0) is 22.6 Å². The highest BCUT2D eigenvalue weighted by Crippen LogP contribution is 2.40. The number of carbonyl (C=O) groups excluding carboxylic acids is 2. The quantitative estimate of drug-likeness (QED) is 0.135. The number of aliphatic hydroxyl groups excluding tert-OH is 1. The number of imide groups is 1. The lowest BCUT2D eigenvalue weighted by Crippen LogP contribution is -2.31. The Bertz CT molecular complexity index is 1830. The lowest BCUT2D eigenvalue weighted by Gasteiger charge is -2.36. The molecule has 0 unspecified atom stereocenters. The van der Waals surface area contributed by atoms with Gasteiger partial charge in [0.05, 0.1) is 41.5 Å². The van der Waals surface area contributed by atoms with Crippen molar-refractivity contribution in [3.63, 3.8) is 0 Å². The standard InChI is InChI=1S/C38H32N2O5S/c41-23-25-14-16-27(17-15-25)34-21-31(24-46-35-13-3-4-18-39-35)44-38(45-34)30-10-6-9-29(20-30)28-8-5-7-26(19-28)22-40-36(42)32-11-1-2-12-33(32)37(40)43/h1-20,31,34,38,41H,21-24H2/t31-,34+,38+/m1/s1. The number of nitrogens with zero attached hydrogens (tertiary/aromatic N) is 2. The minimum absolute atomic E-state index is 0.00678. The number of aromatic nitrogens is 1. The Balaban J connectivity index is 1.12. The van der Waals surface area contributed by atoms with E-state index >= 15 is 0 Å². The van der Waals surface area contributed by atoms with Crippen molar-refractivity contribution in [2.75, 3.05) is 5.75 Å². The zero-order chi connectivity index (χ0) is 31.5. The highest BCUT2D eigenvalue weighted by molar-refractivity contribution is 7.99. The van der Waals surface area contributed by atoms with Crippen molar-refractivity contribution < 1.29 is 24.2 Å². The van der Waals surface area contributed by atoms with E-state index in [1.165, 1.54) is 4.90 Å². The highest BCUT2D eigenvalue weighted by atomic mass is 32.2. The lowest BCUT2D eigenvalue weighted by atomic mass is 9.99. The molecule has 230 valence electrons. The summed E-state index contributed by atoms with van der Waals surface area (Å²) in [4.78, 5) is 31.7. The molecule has 1 aromatic heterocycles. The van der Waals surface area contributed by atoms with Crippen LogP contribution in [-0.4, -0.2) is 38.7 Å². The molecule has 4 aromatic carbocycles. The second kappa shape index (κ2) is 13.4. The van der Waals surface area contributed by atoms with Crippen molar-refractivity contribution in [3.8, 4) is 11.1 Å². The predicted octanol–water partition coefficient (Wildman–Crippen LogP) is 7.37. The van der Waals surface area contributed by atoms with Gasteiger partial charge in [-0.15, -0.1) is 11.8 Å². The molecule has 0 bridgehead atoms. The van der Waals surface area contributed by atoms with Crippen LogP contribution in [0.1, 0.15) is 61.8 Å². The summed E-state index contributed by atoms with van der Waals surface area (Å²) in [7, 11) is 0. The summed E-state index contributed by atoms with van der Waals surface area (Å²) in [5.74, 6) is 0.189. The molecule has 0 saturated carbocycles. The number of benzene rings is 4. The molecular weight excluding hydrogens is 596 g/mol. The van der Waals surface area contributed by atoms with Crippen LogP contribution >= 0.6 is 11.8 Å². The number of carbonyl (C=O) groups is 2. The Morgan fingerprint density at radius 3 is 2.17 bits per heavy atom. The number of hydrogen-bond acceptors (Lipinski definition) is 7. The van der Waals surface area contributed by atoms with E-state index in [0.29, 0.717) is 17.5 Å². The van der Waals surface area contributed by atoms with Crippen molar-refractivity contribution in [1.29, 1.82) is 0 Å². The fourth-order valence-corrected chi connectivity index (χ4v) is 6.79. The summed E-state index contributed by atoms with van der Waals surface area (Å²) in [6.45, 7) is 0.189. The third-order valence-corrected chi connectivity index (χ3v) is 9.38. The minimum atomic E-state index is -0.591. The van der Waals surface area contributed by atoms with Crippen LogP contribution in [0.4, 0.5) is 0 Å². The molecular formula is C38H32N2O5S. The molecule has 3 atom stereocenters. The van der Waals surface area contributed by atoms with Gasteiger partial charge in [-0.05, 0) is 64.2 Å². The van der Waals surface area contributed by atoms with Crippen LogP contribution in [0.3, 0.4) is 0 Å². The van der Waals surface area contributed by atoms with E-state index in [1.807, 2.05) is 84.9 Å². The molecule has 2 amide bonds. The van der Waals surface area contributed by atoms with E-state index in [9.17, 15) is 14.7 Å². The second-order valence-electron chi connectivity index (χ2n) is 11.4. The van der Waals surface area contributed by atoms with E-state index in [2.05, 4.69) is 11.1 Å². The van der Waals surface area contributed by atoms with Crippen molar-refractivity contribution in [2.24, 2.45) is 0 Å². The number of rotatable bonds is 9. The van der Waals surface area contributed by atoms with E-state index in [-0.39, 0.29) is 37.2 Å². The van der Waals surface area contributed by atoms with Crippen molar-refractivity contribution in [1.82, 2.24) is 9.88 Å². The number of aliphatic hydroxyl groups is 1. The third-order valence-electron chi connectivity index (χ3n) is 8.31. The van der Waals surface area contributed by atoms with Gasteiger partial charge in [-0.25, -0.2) is 4.98 Å². The molecule has 1 N–H and O–H groups in total. The van der Waals surface area contributed by atoms with Crippen LogP contribution in [0.2, 0.25) is 0 Å². The van der Waals surface area contributed by atoms with Crippen LogP contribution in [0.15, 0.2) is 126 Å².